The van der Waals surface area contributed by atoms with Crippen LogP contribution >= 0.6 is 0 Å². The highest BCUT2D eigenvalue weighted by atomic mass is 32.2. The standard InChI is InChI=1S/C12H17NO4S/c1-9(2)7-8-17-12(14)10-3-5-11(6-4-10)18(13,15)16/h3-6,9H,7-8H2,1-2H3,(H2,13,15,16). The van der Waals surface area contributed by atoms with Gasteiger partial charge in [-0.2, -0.15) is 0 Å². The van der Waals surface area contributed by atoms with E-state index in [4.69, 9.17) is 9.88 Å². The first-order valence-electron chi connectivity index (χ1n) is 5.60. The van der Waals surface area contributed by atoms with Crippen LogP contribution in [0.3, 0.4) is 0 Å². The fraction of sp³-hybridized carbons (Fsp3) is 0.417. The molecule has 0 aromatic heterocycles. The molecule has 18 heavy (non-hydrogen) atoms. The monoisotopic (exact) mass is 271 g/mol. The molecule has 0 radical (unpaired) electrons. The lowest BCUT2D eigenvalue weighted by molar-refractivity contribution is 0.0488. The summed E-state index contributed by atoms with van der Waals surface area (Å²) in [4.78, 5) is 11.6. The van der Waals surface area contributed by atoms with Crippen LogP contribution in [-0.2, 0) is 14.8 Å². The topological polar surface area (TPSA) is 86.5 Å². The predicted molar refractivity (Wildman–Crippen MR) is 67.6 cm³/mol. The Morgan fingerprint density at radius 1 is 1.28 bits per heavy atom. The highest BCUT2D eigenvalue weighted by molar-refractivity contribution is 7.89. The van der Waals surface area contributed by atoms with Gasteiger partial charge in [0.05, 0.1) is 17.1 Å². The van der Waals surface area contributed by atoms with Crippen molar-refractivity contribution >= 4 is 16.0 Å². The van der Waals surface area contributed by atoms with Gasteiger partial charge in [-0.3, -0.25) is 0 Å². The van der Waals surface area contributed by atoms with Gasteiger partial charge in [0.25, 0.3) is 0 Å². The molecule has 0 spiro atoms. The summed E-state index contributed by atoms with van der Waals surface area (Å²) in [7, 11) is -3.73. The van der Waals surface area contributed by atoms with Crippen molar-refractivity contribution in [2.45, 2.75) is 25.2 Å². The lowest BCUT2D eigenvalue weighted by atomic mass is 10.1. The van der Waals surface area contributed by atoms with Gasteiger partial charge in [-0.1, -0.05) is 13.8 Å². The lowest BCUT2D eigenvalue weighted by Gasteiger charge is -2.07. The summed E-state index contributed by atoms with van der Waals surface area (Å²) < 4.78 is 27.1. The van der Waals surface area contributed by atoms with E-state index in [1.54, 1.807) is 0 Å². The average Bonchev–Trinajstić information content (AvgIpc) is 2.27. The summed E-state index contributed by atoms with van der Waals surface area (Å²) in [6, 6.07) is 5.34. The number of primary sulfonamides is 1. The van der Waals surface area contributed by atoms with Crippen molar-refractivity contribution in [3.63, 3.8) is 0 Å². The maximum atomic E-state index is 11.6. The zero-order chi connectivity index (χ0) is 13.8. The summed E-state index contributed by atoms with van der Waals surface area (Å²) >= 11 is 0. The van der Waals surface area contributed by atoms with Gasteiger partial charge in [0.2, 0.25) is 10.0 Å². The van der Waals surface area contributed by atoms with Crippen LogP contribution in [0.5, 0.6) is 0 Å². The number of carbonyl (C=O) groups is 1. The van der Waals surface area contributed by atoms with Crippen molar-refractivity contribution in [3.8, 4) is 0 Å². The van der Waals surface area contributed by atoms with Crippen molar-refractivity contribution < 1.29 is 17.9 Å². The third kappa shape index (κ3) is 4.46. The van der Waals surface area contributed by atoms with Gasteiger partial charge in [0.1, 0.15) is 0 Å². The van der Waals surface area contributed by atoms with Crippen LogP contribution in [0.4, 0.5) is 0 Å². The zero-order valence-corrected chi connectivity index (χ0v) is 11.2. The Balaban J connectivity index is 2.65. The normalized spacial score (nSPS) is 11.6. The third-order valence-corrected chi connectivity index (χ3v) is 3.28. The Bertz CT molecular complexity index is 505. The van der Waals surface area contributed by atoms with E-state index in [9.17, 15) is 13.2 Å². The molecule has 0 heterocycles. The largest absolute Gasteiger partial charge is 0.462 e. The predicted octanol–water partition coefficient (Wildman–Crippen LogP) is 1.54. The van der Waals surface area contributed by atoms with E-state index in [0.717, 1.165) is 6.42 Å². The van der Waals surface area contributed by atoms with E-state index in [1.165, 1.54) is 24.3 Å². The molecule has 0 atom stereocenters. The van der Waals surface area contributed by atoms with E-state index in [2.05, 4.69) is 0 Å². The molecule has 1 aromatic carbocycles. The molecule has 100 valence electrons. The molecule has 0 amide bonds. The molecular formula is C12H17NO4S. The van der Waals surface area contributed by atoms with E-state index >= 15 is 0 Å². The number of sulfonamides is 1. The Morgan fingerprint density at radius 3 is 2.28 bits per heavy atom. The summed E-state index contributed by atoms with van der Waals surface area (Å²) in [6.45, 7) is 4.43. The number of benzene rings is 1. The zero-order valence-electron chi connectivity index (χ0n) is 10.4. The first kappa shape index (κ1) is 14.7. The molecule has 0 saturated carbocycles. The van der Waals surface area contributed by atoms with Crippen molar-refractivity contribution in [1.82, 2.24) is 0 Å². The Hall–Kier alpha value is -1.40. The molecular weight excluding hydrogens is 254 g/mol. The first-order chi connectivity index (χ1) is 8.30. The fourth-order valence-electron chi connectivity index (χ4n) is 1.25. The van der Waals surface area contributed by atoms with Gasteiger partial charge >= 0.3 is 5.97 Å². The summed E-state index contributed by atoms with van der Waals surface area (Å²) in [5, 5.41) is 4.95. The van der Waals surface area contributed by atoms with Crippen LogP contribution in [0.25, 0.3) is 0 Å². The third-order valence-electron chi connectivity index (χ3n) is 2.35. The number of rotatable bonds is 5. The number of hydrogen-bond donors (Lipinski definition) is 1. The van der Waals surface area contributed by atoms with E-state index in [-0.39, 0.29) is 4.90 Å². The second-order valence-electron chi connectivity index (χ2n) is 4.39. The van der Waals surface area contributed by atoms with Gasteiger partial charge in [-0.05, 0) is 36.6 Å². The van der Waals surface area contributed by atoms with Gasteiger partial charge in [-0.25, -0.2) is 18.4 Å². The summed E-state index contributed by atoms with van der Waals surface area (Å²) in [5.41, 5.74) is 0.311. The summed E-state index contributed by atoms with van der Waals surface area (Å²) in [6.07, 6.45) is 0.793. The minimum atomic E-state index is -3.73. The second-order valence-corrected chi connectivity index (χ2v) is 5.95. The van der Waals surface area contributed by atoms with Gasteiger partial charge in [0.15, 0.2) is 0 Å². The van der Waals surface area contributed by atoms with Crippen molar-refractivity contribution in [1.29, 1.82) is 0 Å². The highest BCUT2D eigenvalue weighted by Gasteiger charge is 2.11. The number of nitrogens with two attached hydrogens (primary N) is 1. The molecule has 0 fully saturated rings. The Morgan fingerprint density at radius 2 is 1.83 bits per heavy atom. The van der Waals surface area contributed by atoms with E-state index in [0.29, 0.717) is 18.1 Å². The van der Waals surface area contributed by atoms with Crippen molar-refractivity contribution in [2.75, 3.05) is 6.61 Å². The summed E-state index contributed by atoms with van der Waals surface area (Å²) in [5.74, 6) is -0.000761. The molecule has 0 saturated heterocycles. The van der Waals surface area contributed by atoms with Crippen LogP contribution in [0.15, 0.2) is 29.2 Å². The van der Waals surface area contributed by atoms with Crippen LogP contribution in [0.2, 0.25) is 0 Å². The minimum Gasteiger partial charge on any atom is -0.462 e. The molecule has 6 heteroatoms. The molecule has 0 unspecified atom stereocenters. The van der Waals surface area contributed by atoms with E-state index in [1.807, 2.05) is 13.8 Å². The maximum absolute atomic E-state index is 11.6. The SMILES string of the molecule is CC(C)CCOC(=O)c1ccc(S(N)(=O)=O)cc1. The molecule has 0 aliphatic carbocycles. The van der Waals surface area contributed by atoms with Crippen LogP contribution < -0.4 is 5.14 Å². The van der Waals surface area contributed by atoms with Crippen LogP contribution in [0.1, 0.15) is 30.6 Å². The molecule has 1 aromatic rings. The number of hydrogen-bond acceptors (Lipinski definition) is 4. The van der Waals surface area contributed by atoms with Gasteiger partial charge in [-0.15, -0.1) is 0 Å². The first-order valence-corrected chi connectivity index (χ1v) is 7.15. The second kappa shape index (κ2) is 5.97. The van der Waals surface area contributed by atoms with Crippen LogP contribution in [-0.4, -0.2) is 21.0 Å². The number of carbonyl (C=O) groups excluding carboxylic acids is 1. The molecule has 2 N–H and O–H groups in total. The van der Waals surface area contributed by atoms with Gasteiger partial charge in [0, 0.05) is 0 Å². The maximum Gasteiger partial charge on any atom is 0.338 e. The van der Waals surface area contributed by atoms with Crippen molar-refractivity contribution in [2.24, 2.45) is 11.1 Å². The van der Waals surface area contributed by atoms with Gasteiger partial charge < -0.3 is 4.74 Å². The lowest BCUT2D eigenvalue weighted by Crippen LogP contribution is -2.13. The van der Waals surface area contributed by atoms with E-state index < -0.39 is 16.0 Å². The molecule has 0 aliphatic heterocycles. The Labute approximate surface area is 107 Å². The Kier molecular flexibility index (Phi) is 4.86. The number of ether oxygens (including phenoxy) is 1. The minimum absolute atomic E-state index is 0.0266. The fourth-order valence-corrected chi connectivity index (χ4v) is 1.77. The highest BCUT2D eigenvalue weighted by Crippen LogP contribution is 2.10. The van der Waals surface area contributed by atoms with Crippen molar-refractivity contribution in [3.05, 3.63) is 29.8 Å². The average molecular weight is 271 g/mol. The smallest absolute Gasteiger partial charge is 0.338 e. The number of esters is 1. The molecule has 5 nitrogen and oxygen atoms in total. The molecule has 0 aliphatic rings. The molecule has 1 rings (SSSR count). The van der Waals surface area contributed by atoms with Crippen LogP contribution in [0, 0.1) is 5.92 Å². The quantitative estimate of drug-likeness (QED) is 0.823. The molecule has 0 bridgehead atoms.